The summed E-state index contributed by atoms with van der Waals surface area (Å²) < 4.78 is 54.2. The number of rotatable bonds is 11. The van der Waals surface area contributed by atoms with Gasteiger partial charge in [-0.15, -0.1) is 0 Å². The van der Waals surface area contributed by atoms with Crippen LogP contribution in [0.25, 0.3) is 0 Å². The molecule has 0 saturated heterocycles. The molecule has 3 rings (SSSR count). The van der Waals surface area contributed by atoms with Gasteiger partial charge in [-0.05, 0) is 62.0 Å². The molecule has 2 saturated carbocycles. The number of pyridine rings is 1. The molecule has 1 aromatic rings. The first kappa shape index (κ1) is 23.4. The number of hydrogen-bond donors (Lipinski definition) is 3. The number of aromatic nitrogens is 1. The average Bonchev–Trinajstić information content (AvgIpc) is 3.40. The SMILES string of the molecule is Cc1cc(NCC2CCCC3(CC3)C2)ncc1S(=O)(=O)NCCOCCS(N)(=O)=O. The van der Waals surface area contributed by atoms with Gasteiger partial charge < -0.3 is 10.1 Å². The summed E-state index contributed by atoms with van der Waals surface area (Å²) in [5.41, 5.74) is 1.23. The lowest BCUT2D eigenvalue weighted by molar-refractivity contribution is 0.154. The summed E-state index contributed by atoms with van der Waals surface area (Å²) in [4.78, 5) is 4.40. The summed E-state index contributed by atoms with van der Waals surface area (Å²) in [6, 6.07) is 1.76. The zero-order chi connectivity index (χ0) is 21.8. The van der Waals surface area contributed by atoms with E-state index >= 15 is 0 Å². The van der Waals surface area contributed by atoms with Crippen LogP contribution in [0.3, 0.4) is 0 Å². The van der Waals surface area contributed by atoms with Crippen LogP contribution in [0.4, 0.5) is 5.82 Å². The molecule has 0 bridgehead atoms. The number of ether oxygens (including phenoxy) is 1. The van der Waals surface area contributed by atoms with Crippen LogP contribution in [0, 0.1) is 18.3 Å². The molecule has 2 fully saturated rings. The third kappa shape index (κ3) is 6.88. The van der Waals surface area contributed by atoms with Crippen molar-refractivity contribution in [3.63, 3.8) is 0 Å². The Morgan fingerprint density at radius 3 is 2.67 bits per heavy atom. The number of anilines is 1. The van der Waals surface area contributed by atoms with E-state index in [2.05, 4.69) is 15.0 Å². The van der Waals surface area contributed by atoms with Crippen LogP contribution in [0.15, 0.2) is 17.2 Å². The van der Waals surface area contributed by atoms with Crippen molar-refractivity contribution in [2.45, 2.75) is 50.3 Å². The summed E-state index contributed by atoms with van der Waals surface area (Å²) in [5.74, 6) is 1.04. The molecular weight excluding hydrogens is 428 g/mol. The van der Waals surface area contributed by atoms with Crippen LogP contribution < -0.4 is 15.2 Å². The van der Waals surface area contributed by atoms with E-state index < -0.39 is 20.0 Å². The van der Waals surface area contributed by atoms with E-state index in [0.717, 1.165) is 6.54 Å². The Kier molecular flexibility index (Phi) is 7.39. The predicted molar refractivity (Wildman–Crippen MR) is 115 cm³/mol. The van der Waals surface area contributed by atoms with Crippen LogP contribution in [0.2, 0.25) is 0 Å². The van der Waals surface area contributed by atoms with E-state index in [0.29, 0.717) is 22.7 Å². The summed E-state index contributed by atoms with van der Waals surface area (Å²) in [7, 11) is -7.31. The average molecular weight is 461 g/mol. The lowest BCUT2D eigenvalue weighted by atomic mass is 9.79. The predicted octanol–water partition coefficient (Wildman–Crippen LogP) is 1.36. The van der Waals surface area contributed by atoms with Gasteiger partial charge in [-0.2, -0.15) is 0 Å². The highest BCUT2D eigenvalue weighted by Crippen LogP contribution is 2.57. The lowest BCUT2D eigenvalue weighted by Gasteiger charge is -2.29. The highest BCUT2D eigenvalue weighted by atomic mass is 32.2. The zero-order valence-electron chi connectivity index (χ0n) is 17.4. The van der Waals surface area contributed by atoms with E-state index in [4.69, 9.17) is 9.88 Å². The maximum Gasteiger partial charge on any atom is 0.242 e. The molecule has 30 heavy (non-hydrogen) atoms. The van der Waals surface area contributed by atoms with Gasteiger partial charge in [0.1, 0.15) is 10.7 Å². The normalized spacial score (nSPS) is 20.9. The molecule has 9 nitrogen and oxygen atoms in total. The highest BCUT2D eigenvalue weighted by molar-refractivity contribution is 7.89. The molecule has 1 atom stereocenters. The van der Waals surface area contributed by atoms with Gasteiger partial charge in [0.05, 0.1) is 19.0 Å². The molecule has 1 aromatic heterocycles. The maximum atomic E-state index is 12.5. The number of aryl methyl sites for hydroxylation is 1. The monoisotopic (exact) mass is 460 g/mol. The fraction of sp³-hybridized carbons (Fsp3) is 0.737. The van der Waals surface area contributed by atoms with Crippen LogP contribution in [-0.2, 0) is 24.8 Å². The topological polar surface area (TPSA) is 140 Å². The van der Waals surface area contributed by atoms with E-state index in [-0.39, 0.29) is 30.4 Å². The maximum absolute atomic E-state index is 12.5. The fourth-order valence-corrected chi connectivity index (χ4v) is 5.69. The number of nitrogens with one attached hydrogen (secondary N) is 2. The van der Waals surface area contributed by atoms with Gasteiger partial charge in [0, 0.05) is 19.3 Å². The fourth-order valence-electron chi connectivity index (χ4n) is 4.16. The van der Waals surface area contributed by atoms with Crippen LogP contribution >= 0.6 is 0 Å². The molecule has 11 heteroatoms. The summed E-state index contributed by atoms with van der Waals surface area (Å²) in [5, 5.41) is 8.24. The van der Waals surface area contributed by atoms with Gasteiger partial charge in [-0.25, -0.2) is 31.7 Å². The highest BCUT2D eigenvalue weighted by Gasteiger charge is 2.45. The Bertz CT molecular complexity index is 946. The first-order valence-electron chi connectivity index (χ1n) is 10.4. The zero-order valence-corrected chi connectivity index (χ0v) is 19.0. The molecule has 0 aromatic carbocycles. The van der Waals surface area contributed by atoms with E-state index in [1.807, 2.05) is 0 Å². The molecule has 2 aliphatic rings. The first-order chi connectivity index (χ1) is 14.1. The second-order valence-corrected chi connectivity index (χ2v) is 12.0. The van der Waals surface area contributed by atoms with Crippen molar-refractivity contribution in [1.29, 1.82) is 0 Å². The Labute approximate surface area is 179 Å². The Balaban J connectivity index is 1.46. The Hall–Kier alpha value is -1.27. The molecule has 0 aliphatic heterocycles. The quantitative estimate of drug-likeness (QED) is 0.423. The van der Waals surface area contributed by atoms with Crippen molar-refractivity contribution in [2.75, 3.05) is 37.4 Å². The van der Waals surface area contributed by atoms with Crippen molar-refractivity contribution in [1.82, 2.24) is 9.71 Å². The smallest absolute Gasteiger partial charge is 0.242 e. The van der Waals surface area contributed by atoms with Crippen molar-refractivity contribution in [3.05, 3.63) is 17.8 Å². The number of hydrogen-bond acceptors (Lipinski definition) is 7. The standard InChI is InChI=1S/C19H32N4O5S2/c1-15-11-18(21-13-16-3-2-4-19(12-16)5-6-19)22-14-17(15)30(26,27)23-7-8-28-9-10-29(20,24)25/h11,14,16,23H,2-10,12-13H2,1H3,(H,21,22)(H2,20,24,25). The van der Waals surface area contributed by atoms with Crippen molar-refractivity contribution in [2.24, 2.45) is 16.5 Å². The molecule has 0 amide bonds. The van der Waals surface area contributed by atoms with Crippen molar-refractivity contribution < 1.29 is 21.6 Å². The molecule has 1 heterocycles. The molecule has 170 valence electrons. The van der Waals surface area contributed by atoms with E-state index in [1.165, 1.54) is 44.7 Å². The van der Waals surface area contributed by atoms with Crippen LogP contribution in [0.1, 0.15) is 44.1 Å². The number of nitrogens with two attached hydrogens (primary N) is 1. The second kappa shape index (κ2) is 9.47. The van der Waals surface area contributed by atoms with Crippen LogP contribution in [0.5, 0.6) is 0 Å². The van der Waals surface area contributed by atoms with Crippen molar-refractivity contribution >= 4 is 25.9 Å². The third-order valence-corrected chi connectivity index (χ3v) is 8.30. The van der Waals surface area contributed by atoms with Gasteiger partial charge >= 0.3 is 0 Å². The van der Waals surface area contributed by atoms with Gasteiger partial charge in [-0.1, -0.05) is 6.42 Å². The number of sulfonamides is 2. The van der Waals surface area contributed by atoms with E-state index in [9.17, 15) is 16.8 Å². The van der Waals surface area contributed by atoms with E-state index in [1.54, 1.807) is 13.0 Å². The third-order valence-electron chi connectivity index (χ3n) is 5.97. The Morgan fingerprint density at radius 2 is 2.00 bits per heavy atom. The molecule has 0 radical (unpaired) electrons. The molecular formula is C19H32N4O5S2. The van der Waals surface area contributed by atoms with Crippen molar-refractivity contribution in [3.8, 4) is 0 Å². The summed E-state index contributed by atoms with van der Waals surface area (Å²) >= 11 is 0. The number of nitrogens with zero attached hydrogens (tertiary/aromatic N) is 1. The minimum atomic E-state index is -3.73. The molecule has 1 spiro atoms. The minimum Gasteiger partial charge on any atom is -0.379 e. The number of primary sulfonamides is 1. The van der Waals surface area contributed by atoms with Gasteiger partial charge in [0.15, 0.2) is 0 Å². The lowest BCUT2D eigenvalue weighted by Crippen LogP contribution is -2.29. The largest absolute Gasteiger partial charge is 0.379 e. The van der Waals surface area contributed by atoms with Crippen LogP contribution in [-0.4, -0.2) is 53.9 Å². The minimum absolute atomic E-state index is 0.0236. The molecule has 4 N–H and O–H groups in total. The molecule has 2 aliphatic carbocycles. The molecule has 1 unspecified atom stereocenters. The first-order valence-corrected chi connectivity index (χ1v) is 13.6. The van der Waals surface area contributed by atoms with Gasteiger partial charge in [-0.3, -0.25) is 0 Å². The summed E-state index contributed by atoms with van der Waals surface area (Å²) in [6.45, 7) is 2.60. The summed E-state index contributed by atoms with van der Waals surface area (Å²) in [6.07, 6.45) is 9.31. The second-order valence-electron chi connectivity index (χ2n) is 8.56. The Morgan fingerprint density at radius 1 is 1.23 bits per heavy atom. The van der Waals surface area contributed by atoms with Gasteiger partial charge in [0.25, 0.3) is 0 Å². The van der Waals surface area contributed by atoms with Gasteiger partial charge in [0.2, 0.25) is 20.0 Å².